The van der Waals surface area contributed by atoms with E-state index in [0.717, 1.165) is 5.56 Å². The quantitative estimate of drug-likeness (QED) is 0.573. The third-order valence-electron chi connectivity index (χ3n) is 4.95. The largest absolute Gasteiger partial charge is 0.354 e. The number of carbonyl (C=O) groups excluding carboxylic acids is 1. The number of hydrogen-bond acceptors (Lipinski definition) is 4. The zero-order valence-electron chi connectivity index (χ0n) is 16.4. The zero-order valence-corrected chi connectivity index (χ0v) is 16.4. The highest BCUT2D eigenvalue weighted by atomic mass is 16.2. The molecular formula is C23H22N4O2. The second kappa shape index (κ2) is 7.85. The summed E-state index contributed by atoms with van der Waals surface area (Å²) in [6.07, 6.45) is 0. The van der Waals surface area contributed by atoms with Crippen LogP contribution in [0.4, 0.5) is 0 Å². The van der Waals surface area contributed by atoms with Crippen LogP contribution in [-0.2, 0) is 13.2 Å². The first-order valence-electron chi connectivity index (χ1n) is 9.45. The highest BCUT2D eigenvalue weighted by Crippen LogP contribution is 2.17. The molecule has 29 heavy (non-hydrogen) atoms. The minimum Gasteiger partial charge on any atom is -0.354 e. The number of fused-ring (bicyclic) bond motifs is 2. The third kappa shape index (κ3) is 3.75. The molecule has 0 saturated heterocycles. The van der Waals surface area contributed by atoms with E-state index in [9.17, 15) is 9.59 Å². The molecule has 0 spiro atoms. The van der Waals surface area contributed by atoms with Crippen molar-refractivity contribution in [2.24, 2.45) is 0 Å². The lowest BCUT2D eigenvalue weighted by Gasteiger charge is -2.19. The summed E-state index contributed by atoms with van der Waals surface area (Å²) in [4.78, 5) is 27.2. The van der Waals surface area contributed by atoms with Crippen molar-refractivity contribution in [2.75, 3.05) is 14.1 Å². The van der Waals surface area contributed by atoms with E-state index in [-0.39, 0.29) is 23.8 Å². The van der Waals surface area contributed by atoms with Gasteiger partial charge < -0.3 is 5.32 Å². The lowest BCUT2D eigenvalue weighted by molar-refractivity contribution is 0.0956. The highest BCUT2D eigenvalue weighted by Gasteiger charge is 2.16. The molecule has 6 heteroatoms. The molecule has 0 saturated carbocycles. The van der Waals surface area contributed by atoms with Gasteiger partial charge in [-0.1, -0.05) is 54.6 Å². The Morgan fingerprint density at radius 3 is 2.45 bits per heavy atom. The molecule has 3 aromatic carbocycles. The molecule has 1 heterocycles. The van der Waals surface area contributed by atoms with E-state index in [1.54, 1.807) is 31.3 Å². The zero-order chi connectivity index (χ0) is 20.4. The summed E-state index contributed by atoms with van der Waals surface area (Å²) in [5.74, 6) is -0.313. The number of nitrogens with one attached hydrogen (secondary N) is 1. The molecule has 1 N–H and O–H groups in total. The van der Waals surface area contributed by atoms with Gasteiger partial charge in [0.2, 0.25) is 0 Å². The van der Waals surface area contributed by atoms with Crippen LogP contribution in [0.15, 0.2) is 71.5 Å². The first-order chi connectivity index (χ1) is 14.1. The first-order valence-corrected chi connectivity index (χ1v) is 9.45. The highest BCUT2D eigenvalue weighted by molar-refractivity contribution is 6.04. The molecule has 0 unspecified atom stereocenters. The van der Waals surface area contributed by atoms with E-state index in [1.165, 1.54) is 15.5 Å². The van der Waals surface area contributed by atoms with Crippen LogP contribution in [-0.4, -0.2) is 34.7 Å². The fourth-order valence-electron chi connectivity index (χ4n) is 3.54. The Hall–Kier alpha value is -3.51. The predicted molar refractivity (Wildman–Crippen MR) is 115 cm³/mol. The molecule has 0 radical (unpaired) electrons. The van der Waals surface area contributed by atoms with Crippen molar-refractivity contribution >= 4 is 27.5 Å². The SMILES string of the molecule is CNC(=O)c1nn(CN(C)Cc2ccc3ccccc3c2)c(=O)c2ccccc12. The molecule has 0 aliphatic heterocycles. The Kier molecular flexibility index (Phi) is 5.10. The van der Waals surface area contributed by atoms with Crippen LogP contribution in [0.5, 0.6) is 0 Å². The second-order valence-corrected chi connectivity index (χ2v) is 7.12. The van der Waals surface area contributed by atoms with E-state index in [4.69, 9.17) is 0 Å². The minimum atomic E-state index is -0.313. The number of rotatable bonds is 5. The van der Waals surface area contributed by atoms with Gasteiger partial charge in [0.05, 0.1) is 12.1 Å². The van der Waals surface area contributed by atoms with Crippen molar-refractivity contribution in [1.29, 1.82) is 0 Å². The van der Waals surface area contributed by atoms with Crippen LogP contribution < -0.4 is 10.9 Å². The van der Waals surface area contributed by atoms with Gasteiger partial charge in [-0.3, -0.25) is 14.5 Å². The minimum absolute atomic E-state index is 0.210. The van der Waals surface area contributed by atoms with Gasteiger partial charge >= 0.3 is 0 Å². The van der Waals surface area contributed by atoms with Crippen LogP contribution in [0, 0.1) is 0 Å². The Labute approximate surface area is 168 Å². The van der Waals surface area contributed by atoms with Crippen molar-refractivity contribution in [3.8, 4) is 0 Å². The molecule has 6 nitrogen and oxygen atoms in total. The summed E-state index contributed by atoms with van der Waals surface area (Å²) < 4.78 is 1.36. The first kappa shape index (κ1) is 18.8. The maximum absolute atomic E-state index is 12.9. The number of benzene rings is 3. The summed E-state index contributed by atoms with van der Waals surface area (Å²) in [6, 6.07) is 21.6. The van der Waals surface area contributed by atoms with E-state index in [1.807, 2.05) is 24.1 Å². The van der Waals surface area contributed by atoms with Crippen LogP contribution in [0.3, 0.4) is 0 Å². The predicted octanol–water partition coefficient (Wildman–Crippen LogP) is 3.00. The maximum Gasteiger partial charge on any atom is 0.275 e. The molecule has 0 fully saturated rings. The molecule has 4 aromatic rings. The summed E-state index contributed by atoms with van der Waals surface area (Å²) in [7, 11) is 3.48. The normalized spacial score (nSPS) is 11.3. The molecule has 0 bridgehead atoms. The van der Waals surface area contributed by atoms with Gasteiger partial charge in [-0.15, -0.1) is 0 Å². The van der Waals surface area contributed by atoms with E-state index in [2.05, 4.69) is 40.7 Å². The molecular weight excluding hydrogens is 364 g/mol. The van der Waals surface area contributed by atoms with Crippen LogP contribution in [0.1, 0.15) is 16.1 Å². The Morgan fingerprint density at radius 2 is 1.69 bits per heavy atom. The van der Waals surface area contributed by atoms with Gasteiger partial charge in [-0.2, -0.15) is 5.10 Å². The molecule has 1 aromatic heterocycles. The van der Waals surface area contributed by atoms with Gasteiger partial charge in [0.15, 0.2) is 5.69 Å². The van der Waals surface area contributed by atoms with Crippen molar-refractivity contribution in [2.45, 2.75) is 13.2 Å². The van der Waals surface area contributed by atoms with Gasteiger partial charge in [0, 0.05) is 19.0 Å². The second-order valence-electron chi connectivity index (χ2n) is 7.12. The monoisotopic (exact) mass is 386 g/mol. The fraction of sp³-hybridized carbons (Fsp3) is 0.174. The van der Waals surface area contributed by atoms with Crippen LogP contribution in [0.25, 0.3) is 21.5 Å². The molecule has 0 aliphatic rings. The number of aromatic nitrogens is 2. The topological polar surface area (TPSA) is 67.2 Å². The third-order valence-corrected chi connectivity index (χ3v) is 4.95. The number of carbonyl (C=O) groups is 1. The van der Waals surface area contributed by atoms with Crippen molar-refractivity contribution in [1.82, 2.24) is 20.0 Å². The number of nitrogens with zero attached hydrogens (tertiary/aromatic N) is 3. The summed E-state index contributed by atoms with van der Waals surface area (Å²) >= 11 is 0. The summed E-state index contributed by atoms with van der Waals surface area (Å²) in [5, 5.41) is 10.4. The Balaban J connectivity index is 1.65. The van der Waals surface area contributed by atoms with Crippen molar-refractivity contribution in [3.63, 3.8) is 0 Å². The van der Waals surface area contributed by atoms with E-state index >= 15 is 0 Å². The van der Waals surface area contributed by atoms with E-state index in [0.29, 0.717) is 17.3 Å². The molecule has 146 valence electrons. The molecule has 0 aliphatic carbocycles. The van der Waals surface area contributed by atoms with Gasteiger partial charge in [-0.25, -0.2) is 4.68 Å². The molecule has 4 rings (SSSR count). The van der Waals surface area contributed by atoms with Crippen molar-refractivity contribution < 1.29 is 4.79 Å². The Bertz CT molecular complexity index is 1260. The van der Waals surface area contributed by atoms with Gasteiger partial charge in [0.1, 0.15) is 0 Å². The Morgan fingerprint density at radius 1 is 1.00 bits per heavy atom. The fourth-order valence-corrected chi connectivity index (χ4v) is 3.54. The van der Waals surface area contributed by atoms with E-state index < -0.39 is 0 Å². The number of hydrogen-bond donors (Lipinski definition) is 1. The van der Waals surface area contributed by atoms with Gasteiger partial charge in [-0.05, 0) is 35.5 Å². The maximum atomic E-state index is 12.9. The average Bonchev–Trinajstić information content (AvgIpc) is 2.75. The molecule has 1 amide bonds. The number of amides is 1. The lowest BCUT2D eigenvalue weighted by Crippen LogP contribution is -2.34. The van der Waals surface area contributed by atoms with Gasteiger partial charge in [0.25, 0.3) is 11.5 Å². The van der Waals surface area contributed by atoms with Crippen molar-refractivity contribution in [3.05, 3.63) is 88.3 Å². The average molecular weight is 386 g/mol. The summed E-state index contributed by atoms with van der Waals surface area (Å²) in [5.41, 5.74) is 1.19. The summed E-state index contributed by atoms with van der Waals surface area (Å²) in [6.45, 7) is 0.932. The smallest absolute Gasteiger partial charge is 0.275 e. The molecule has 0 atom stereocenters. The lowest BCUT2D eigenvalue weighted by atomic mass is 10.1. The standard InChI is InChI=1S/C23H22N4O2/c1-24-22(28)21-19-9-5-6-10-20(19)23(29)27(25-21)15-26(2)14-16-11-12-17-7-3-4-8-18(17)13-16/h3-13H,14-15H2,1-2H3,(H,24,28). The van der Waals surface area contributed by atoms with Crippen LogP contribution >= 0.6 is 0 Å². The van der Waals surface area contributed by atoms with Crippen LogP contribution in [0.2, 0.25) is 0 Å².